The van der Waals surface area contributed by atoms with Crippen molar-refractivity contribution in [1.29, 1.82) is 0 Å². The first-order chi connectivity index (χ1) is 6.34. The Hall–Kier alpha value is -0.730. The van der Waals surface area contributed by atoms with Gasteiger partial charge in [-0.05, 0) is 6.42 Å². The van der Waals surface area contributed by atoms with Gasteiger partial charge in [-0.1, -0.05) is 33.6 Å². The Morgan fingerprint density at radius 1 is 1.38 bits per heavy atom. The van der Waals surface area contributed by atoms with Gasteiger partial charge in [0.25, 0.3) is 0 Å². The van der Waals surface area contributed by atoms with Crippen LogP contribution in [0.4, 0.5) is 4.79 Å². The molecule has 0 atom stereocenters. The van der Waals surface area contributed by atoms with Gasteiger partial charge in [0.2, 0.25) is 0 Å². The third-order valence-electron chi connectivity index (χ3n) is 1.88. The van der Waals surface area contributed by atoms with Crippen LogP contribution in [0.5, 0.6) is 0 Å². The standard InChI is InChI=1S/C8H15NO2.C2H6/c1-2-3-4-5-9-6-7-11-8(9)10;1-2/h2-7H2,1H3;1-2H3. The largest absolute Gasteiger partial charge is 0.448 e. The highest BCUT2D eigenvalue weighted by Gasteiger charge is 2.20. The van der Waals surface area contributed by atoms with Crippen molar-refractivity contribution >= 4 is 6.09 Å². The number of carbonyl (C=O) groups is 1. The molecule has 0 aliphatic carbocycles. The van der Waals surface area contributed by atoms with Gasteiger partial charge in [-0.25, -0.2) is 4.79 Å². The van der Waals surface area contributed by atoms with Crippen LogP contribution >= 0.6 is 0 Å². The molecule has 78 valence electrons. The third-order valence-corrected chi connectivity index (χ3v) is 1.88. The Kier molecular flexibility index (Phi) is 7.45. The van der Waals surface area contributed by atoms with E-state index >= 15 is 0 Å². The highest BCUT2D eigenvalue weighted by atomic mass is 16.6. The Labute approximate surface area is 81.1 Å². The van der Waals surface area contributed by atoms with Gasteiger partial charge in [-0.2, -0.15) is 0 Å². The number of unbranched alkanes of at least 4 members (excludes halogenated alkanes) is 2. The molecule has 1 heterocycles. The van der Waals surface area contributed by atoms with Gasteiger partial charge in [0.15, 0.2) is 0 Å². The van der Waals surface area contributed by atoms with E-state index in [1.807, 2.05) is 13.8 Å². The summed E-state index contributed by atoms with van der Waals surface area (Å²) in [6.45, 7) is 8.38. The third kappa shape index (κ3) is 4.76. The number of cyclic esters (lactones) is 1. The lowest BCUT2D eigenvalue weighted by Gasteiger charge is -2.10. The topological polar surface area (TPSA) is 29.5 Å². The predicted molar refractivity (Wildman–Crippen MR) is 53.8 cm³/mol. The number of nitrogens with zero attached hydrogens (tertiary/aromatic N) is 1. The molecule has 3 heteroatoms. The van der Waals surface area contributed by atoms with Crippen LogP contribution in [0.1, 0.15) is 40.0 Å². The van der Waals surface area contributed by atoms with Crippen molar-refractivity contribution in [3.05, 3.63) is 0 Å². The highest BCUT2D eigenvalue weighted by Crippen LogP contribution is 2.05. The Morgan fingerprint density at radius 3 is 2.54 bits per heavy atom. The van der Waals surface area contributed by atoms with Crippen LogP contribution in [-0.4, -0.2) is 30.7 Å². The van der Waals surface area contributed by atoms with E-state index in [2.05, 4.69) is 6.92 Å². The monoisotopic (exact) mass is 187 g/mol. The molecule has 0 radical (unpaired) electrons. The number of rotatable bonds is 4. The maximum absolute atomic E-state index is 10.9. The highest BCUT2D eigenvalue weighted by molar-refractivity contribution is 5.69. The van der Waals surface area contributed by atoms with E-state index in [1.165, 1.54) is 12.8 Å². The molecule has 13 heavy (non-hydrogen) atoms. The Balaban J connectivity index is 0.000000671. The van der Waals surface area contributed by atoms with Crippen molar-refractivity contribution in [1.82, 2.24) is 4.90 Å². The van der Waals surface area contributed by atoms with E-state index in [4.69, 9.17) is 4.74 Å². The summed E-state index contributed by atoms with van der Waals surface area (Å²) in [6, 6.07) is 0. The zero-order chi connectivity index (χ0) is 10.1. The summed E-state index contributed by atoms with van der Waals surface area (Å²) >= 11 is 0. The molecule has 1 aliphatic rings. The minimum absolute atomic E-state index is 0.138. The van der Waals surface area contributed by atoms with Crippen molar-refractivity contribution in [3.63, 3.8) is 0 Å². The molecule has 0 bridgehead atoms. The zero-order valence-corrected chi connectivity index (χ0v) is 9.01. The summed E-state index contributed by atoms with van der Waals surface area (Å²) in [6.07, 6.45) is 3.36. The molecule has 1 fully saturated rings. The number of carbonyl (C=O) groups excluding carboxylic acids is 1. The molecular formula is C10H21NO2. The Bertz CT molecular complexity index is 137. The van der Waals surface area contributed by atoms with Crippen LogP contribution in [0.15, 0.2) is 0 Å². The van der Waals surface area contributed by atoms with Crippen LogP contribution in [0.2, 0.25) is 0 Å². The molecule has 0 saturated carbocycles. The SMILES string of the molecule is CC.CCCCCN1CCOC1=O. The minimum atomic E-state index is -0.138. The average Bonchev–Trinajstić information content (AvgIpc) is 2.56. The van der Waals surface area contributed by atoms with Crippen molar-refractivity contribution in [2.45, 2.75) is 40.0 Å². The summed E-state index contributed by atoms with van der Waals surface area (Å²) in [5.41, 5.74) is 0. The molecule has 0 aromatic heterocycles. The van der Waals surface area contributed by atoms with Crippen LogP contribution in [0.25, 0.3) is 0 Å². The molecule has 1 rings (SSSR count). The van der Waals surface area contributed by atoms with Gasteiger partial charge < -0.3 is 9.64 Å². The predicted octanol–water partition coefficient (Wildman–Crippen LogP) is 2.66. The van der Waals surface area contributed by atoms with Crippen LogP contribution in [0.3, 0.4) is 0 Å². The molecule has 0 unspecified atom stereocenters. The number of ether oxygens (including phenoxy) is 1. The van der Waals surface area contributed by atoms with E-state index < -0.39 is 0 Å². The average molecular weight is 187 g/mol. The molecule has 0 aromatic rings. The smallest absolute Gasteiger partial charge is 0.409 e. The van der Waals surface area contributed by atoms with Gasteiger partial charge in [0.1, 0.15) is 6.61 Å². The van der Waals surface area contributed by atoms with E-state index in [0.29, 0.717) is 6.61 Å². The summed E-state index contributed by atoms with van der Waals surface area (Å²) < 4.78 is 4.78. The van der Waals surface area contributed by atoms with Crippen molar-refractivity contribution < 1.29 is 9.53 Å². The van der Waals surface area contributed by atoms with E-state index in [1.54, 1.807) is 4.90 Å². The summed E-state index contributed by atoms with van der Waals surface area (Å²) in [4.78, 5) is 12.6. The molecule has 3 nitrogen and oxygen atoms in total. The number of hydrogen-bond donors (Lipinski definition) is 0. The normalized spacial score (nSPS) is 15.0. The van der Waals surface area contributed by atoms with Crippen molar-refractivity contribution in [2.24, 2.45) is 0 Å². The second-order valence-corrected chi connectivity index (χ2v) is 2.81. The van der Waals surface area contributed by atoms with Crippen LogP contribution < -0.4 is 0 Å². The van der Waals surface area contributed by atoms with Crippen molar-refractivity contribution in [3.8, 4) is 0 Å². The first-order valence-corrected chi connectivity index (χ1v) is 5.26. The van der Waals surface area contributed by atoms with E-state index in [9.17, 15) is 4.79 Å². The summed E-state index contributed by atoms with van der Waals surface area (Å²) in [5.74, 6) is 0. The molecule has 1 aliphatic heterocycles. The second-order valence-electron chi connectivity index (χ2n) is 2.81. The van der Waals surface area contributed by atoms with Gasteiger partial charge in [-0.3, -0.25) is 0 Å². The van der Waals surface area contributed by atoms with Gasteiger partial charge in [-0.15, -0.1) is 0 Å². The Morgan fingerprint density at radius 2 is 2.08 bits per heavy atom. The quantitative estimate of drug-likeness (QED) is 0.633. The number of amides is 1. The fourth-order valence-corrected chi connectivity index (χ4v) is 1.18. The molecular weight excluding hydrogens is 166 g/mol. The van der Waals surface area contributed by atoms with E-state index in [-0.39, 0.29) is 6.09 Å². The van der Waals surface area contributed by atoms with Gasteiger partial charge in [0, 0.05) is 6.54 Å². The second kappa shape index (κ2) is 7.90. The fourth-order valence-electron chi connectivity index (χ4n) is 1.18. The van der Waals surface area contributed by atoms with Crippen LogP contribution in [-0.2, 0) is 4.74 Å². The summed E-state index contributed by atoms with van der Waals surface area (Å²) in [5, 5.41) is 0. The molecule has 0 spiro atoms. The molecule has 0 N–H and O–H groups in total. The maximum Gasteiger partial charge on any atom is 0.409 e. The van der Waals surface area contributed by atoms with E-state index in [0.717, 1.165) is 19.5 Å². The van der Waals surface area contributed by atoms with Gasteiger partial charge >= 0.3 is 6.09 Å². The zero-order valence-electron chi connectivity index (χ0n) is 9.01. The molecule has 1 saturated heterocycles. The molecule has 1 amide bonds. The van der Waals surface area contributed by atoms with Gasteiger partial charge in [0.05, 0.1) is 6.54 Å². The van der Waals surface area contributed by atoms with Crippen LogP contribution in [0, 0.1) is 0 Å². The maximum atomic E-state index is 10.9. The summed E-state index contributed by atoms with van der Waals surface area (Å²) in [7, 11) is 0. The van der Waals surface area contributed by atoms with Crippen molar-refractivity contribution in [2.75, 3.05) is 19.7 Å². The number of hydrogen-bond acceptors (Lipinski definition) is 2. The first kappa shape index (κ1) is 12.3. The molecule has 0 aromatic carbocycles. The lowest BCUT2D eigenvalue weighted by molar-refractivity contribution is 0.158. The lowest BCUT2D eigenvalue weighted by Crippen LogP contribution is -2.25. The lowest BCUT2D eigenvalue weighted by atomic mass is 10.2. The minimum Gasteiger partial charge on any atom is -0.448 e. The fraction of sp³-hybridized carbons (Fsp3) is 0.900. The first-order valence-electron chi connectivity index (χ1n) is 5.26.